The lowest BCUT2D eigenvalue weighted by Crippen LogP contribution is -2.51. The normalized spacial score (nSPS) is 12.1. The van der Waals surface area contributed by atoms with E-state index in [9.17, 15) is 18.0 Å². The maximum Gasteiger partial charge on any atom is 0.264 e. The van der Waals surface area contributed by atoms with Crippen molar-refractivity contribution in [3.63, 3.8) is 0 Å². The molecule has 7 nitrogen and oxygen atoms in total. The first kappa shape index (κ1) is 31.7. The summed E-state index contributed by atoms with van der Waals surface area (Å²) in [4.78, 5) is 28.4. The molecule has 0 heterocycles. The zero-order chi connectivity index (χ0) is 29.4. The molecule has 0 aliphatic carbocycles. The molecule has 0 unspecified atom stereocenters. The number of sulfonamides is 1. The molecule has 1 N–H and O–H groups in total. The summed E-state index contributed by atoms with van der Waals surface area (Å²) in [6.45, 7) is 5.19. The minimum Gasteiger partial charge on any atom is -0.354 e. The van der Waals surface area contributed by atoms with E-state index in [4.69, 9.17) is 34.8 Å². The van der Waals surface area contributed by atoms with Gasteiger partial charge in [-0.15, -0.1) is 0 Å². The molecule has 214 valence electrons. The number of aryl methyl sites for hydroxylation is 1. The Morgan fingerprint density at radius 3 is 2.25 bits per heavy atom. The summed E-state index contributed by atoms with van der Waals surface area (Å²) in [7, 11) is -4.19. The number of carbonyl (C=O) groups is 2. The van der Waals surface area contributed by atoms with Crippen LogP contribution in [0.25, 0.3) is 0 Å². The Morgan fingerprint density at radius 2 is 1.60 bits per heavy atom. The number of carbonyl (C=O) groups excluding carboxylic acids is 2. The minimum atomic E-state index is -4.19. The van der Waals surface area contributed by atoms with Crippen LogP contribution in [-0.2, 0) is 26.2 Å². The fourth-order valence-electron chi connectivity index (χ4n) is 4.04. The van der Waals surface area contributed by atoms with Gasteiger partial charge in [-0.3, -0.25) is 13.9 Å². The topological polar surface area (TPSA) is 86.8 Å². The van der Waals surface area contributed by atoms with Gasteiger partial charge in [0.25, 0.3) is 10.0 Å². The first-order chi connectivity index (χ1) is 18.9. The first-order valence-corrected chi connectivity index (χ1v) is 15.4. The third-order valence-corrected chi connectivity index (χ3v) is 9.00. The Bertz CT molecular complexity index is 1450. The Kier molecular flexibility index (Phi) is 11.3. The second-order valence-electron chi connectivity index (χ2n) is 9.33. The largest absolute Gasteiger partial charge is 0.354 e. The van der Waals surface area contributed by atoms with Gasteiger partial charge >= 0.3 is 0 Å². The van der Waals surface area contributed by atoms with Crippen molar-refractivity contribution >= 4 is 62.3 Å². The van der Waals surface area contributed by atoms with Crippen LogP contribution >= 0.6 is 34.8 Å². The van der Waals surface area contributed by atoms with E-state index in [1.807, 2.05) is 6.92 Å². The van der Waals surface area contributed by atoms with Crippen LogP contribution < -0.4 is 9.62 Å². The Labute approximate surface area is 251 Å². The molecule has 0 radical (unpaired) electrons. The van der Waals surface area contributed by atoms with Crippen molar-refractivity contribution in [3.8, 4) is 0 Å². The molecule has 0 aromatic heterocycles. The fraction of sp³-hybridized carbons (Fsp3) is 0.310. The summed E-state index contributed by atoms with van der Waals surface area (Å²) >= 11 is 18.7. The number of anilines is 1. The highest BCUT2D eigenvalue weighted by molar-refractivity contribution is 7.92. The van der Waals surface area contributed by atoms with Crippen LogP contribution in [0.5, 0.6) is 0 Å². The van der Waals surface area contributed by atoms with Crippen LogP contribution in [0, 0.1) is 6.92 Å². The fourth-order valence-corrected chi connectivity index (χ4v) is 6.16. The summed E-state index contributed by atoms with van der Waals surface area (Å²) in [5.41, 5.74) is 1.42. The summed E-state index contributed by atoms with van der Waals surface area (Å²) in [5, 5.41) is 3.91. The monoisotopic (exact) mass is 623 g/mol. The zero-order valence-corrected chi connectivity index (χ0v) is 25.6. The van der Waals surface area contributed by atoms with Crippen molar-refractivity contribution in [2.24, 2.45) is 0 Å². The SMILES string of the molecule is CCCCNC(=O)[C@H](C)N(Cc1ccc(Cl)cc1Cl)C(=O)CN(c1cc(Cl)ccc1C)S(=O)(=O)c1ccccc1. The van der Waals surface area contributed by atoms with Crippen LogP contribution in [0.4, 0.5) is 5.69 Å². The molecule has 0 aliphatic heterocycles. The third kappa shape index (κ3) is 7.91. The number of hydrogen-bond acceptors (Lipinski definition) is 4. The molecule has 1 atom stereocenters. The lowest BCUT2D eigenvalue weighted by Gasteiger charge is -2.32. The average molecular weight is 625 g/mol. The van der Waals surface area contributed by atoms with Crippen molar-refractivity contribution in [2.45, 2.75) is 51.1 Å². The van der Waals surface area contributed by atoms with E-state index >= 15 is 0 Å². The molecular weight excluding hydrogens is 593 g/mol. The smallest absolute Gasteiger partial charge is 0.264 e. The van der Waals surface area contributed by atoms with Gasteiger partial charge in [0.2, 0.25) is 11.8 Å². The van der Waals surface area contributed by atoms with Gasteiger partial charge in [-0.1, -0.05) is 78.5 Å². The summed E-state index contributed by atoms with van der Waals surface area (Å²) < 4.78 is 28.8. The standard InChI is InChI=1S/C29H32Cl3N3O4S/c1-4-5-15-33-29(37)21(3)34(18-22-12-14-23(30)16-26(22)32)28(36)19-35(27-17-24(31)13-11-20(27)2)40(38,39)25-9-7-6-8-10-25/h6-14,16-17,21H,4-5,15,18-19H2,1-3H3,(H,33,37)/t21-/m0/s1. The highest BCUT2D eigenvalue weighted by Crippen LogP contribution is 2.30. The van der Waals surface area contributed by atoms with Gasteiger partial charge in [0, 0.05) is 28.2 Å². The first-order valence-electron chi connectivity index (χ1n) is 12.8. The van der Waals surface area contributed by atoms with Gasteiger partial charge in [-0.25, -0.2) is 8.42 Å². The predicted molar refractivity (Wildman–Crippen MR) is 162 cm³/mol. The van der Waals surface area contributed by atoms with Crippen LogP contribution in [-0.4, -0.2) is 44.3 Å². The van der Waals surface area contributed by atoms with E-state index in [1.165, 1.54) is 23.1 Å². The number of nitrogens with zero attached hydrogens (tertiary/aromatic N) is 2. The van der Waals surface area contributed by atoms with Gasteiger partial charge in [-0.05, 0) is 67.8 Å². The molecule has 0 fully saturated rings. The molecule has 3 rings (SSSR count). The lowest BCUT2D eigenvalue weighted by molar-refractivity contribution is -0.139. The molecular formula is C29H32Cl3N3O4S. The predicted octanol–water partition coefficient (Wildman–Crippen LogP) is 6.48. The molecule has 0 saturated carbocycles. The van der Waals surface area contributed by atoms with Gasteiger partial charge < -0.3 is 10.2 Å². The zero-order valence-electron chi connectivity index (χ0n) is 22.5. The lowest BCUT2D eigenvalue weighted by atomic mass is 10.1. The van der Waals surface area contributed by atoms with E-state index in [1.54, 1.807) is 62.4 Å². The van der Waals surface area contributed by atoms with Gasteiger partial charge in [-0.2, -0.15) is 0 Å². The van der Waals surface area contributed by atoms with E-state index in [0.29, 0.717) is 32.7 Å². The summed E-state index contributed by atoms with van der Waals surface area (Å²) in [6, 6.07) is 16.6. The average Bonchev–Trinajstić information content (AvgIpc) is 2.92. The molecule has 2 amide bonds. The molecule has 3 aromatic rings. The Morgan fingerprint density at radius 1 is 0.950 bits per heavy atom. The Hall–Kier alpha value is -2.78. The number of unbranched alkanes of at least 4 members (excludes halogenated alkanes) is 1. The molecule has 0 aliphatic rings. The van der Waals surface area contributed by atoms with E-state index < -0.39 is 28.5 Å². The summed E-state index contributed by atoms with van der Waals surface area (Å²) in [6.07, 6.45) is 1.68. The van der Waals surface area contributed by atoms with Gasteiger partial charge in [0.05, 0.1) is 10.6 Å². The molecule has 0 saturated heterocycles. The van der Waals surface area contributed by atoms with Crippen LogP contribution in [0.15, 0.2) is 71.6 Å². The van der Waals surface area contributed by atoms with Crippen molar-refractivity contribution in [1.82, 2.24) is 10.2 Å². The highest BCUT2D eigenvalue weighted by atomic mass is 35.5. The number of rotatable bonds is 12. The third-order valence-electron chi connectivity index (χ3n) is 6.40. The number of nitrogens with one attached hydrogen (secondary N) is 1. The van der Waals surface area contributed by atoms with Crippen molar-refractivity contribution in [3.05, 3.63) is 92.9 Å². The van der Waals surface area contributed by atoms with E-state index in [0.717, 1.165) is 17.1 Å². The number of hydrogen-bond donors (Lipinski definition) is 1. The van der Waals surface area contributed by atoms with Crippen LogP contribution in [0.3, 0.4) is 0 Å². The molecule has 3 aromatic carbocycles. The second kappa shape index (κ2) is 14.2. The van der Waals surface area contributed by atoms with Crippen LogP contribution in [0.2, 0.25) is 15.1 Å². The van der Waals surface area contributed by atoms with Crippen LogP contribution in [0.1, 0.15) is 37.8 Å². The molecule has 40 heavy (non-hydrogen) atoms. The van der Waals surface area contributed by atoms with Gasteiger partial charge in [0.15, 0.2) is 0 Å². The highest BCUT2D eigenvalue weighted by Gasteiger charge is 2.33. The molecule has 11 heteroatoms. The van der Waals surface area contributed by atoms with Crippen molar-refractivity contribution in [1.29, 1.82) is 0 Å². The van der Waals surface area contributed by atoms with Crippen molar-refractivity contribution < 1.29 is 18.0 Å². The number of halogens is 3. The van der Waals surface area contributed by atoms with Gasteiger partial charge in [0.1, 0.15) is 12.6 Å². The Balaban J connectivity index is 2.05. The molecule has 0 bridgehead atoms. The maximum atomic E-state index is 14.0. The molecule has 0 spiro atoms. The number of benzene rings is 3. The van der Waals surface area contributed by atoms with E-state index in [2.05, 4.69) is 5.32 Å². The summed E-state index contributed by atoms with van der Waals surface area (Å²) in [5.74, 6) is -0.952. The second-order valence-corrected chi connectivity index (χ2v) is 12.5. The van der Waals surface area contributed by atoms with Crippen molar-refractivity contribution in [2.75, 3.05) is 17.4 Å². The van der Waals surface area contributed by atoms with E-state index in [-0.39, 0.29) is 23.0 Å². The number of amides is 2. The quantitative estimate of drug-likeness (QED) is 0.234. The maximum absolute atomic E-state index is 14.0. The minimum absolute atomic E-state index is 0.0137.